The summed E-state index contributed by atoms with van der Waals surface area (Å²) in [6, 6.07) is -0.579. The lowest BCUT2D eigenvalue weighted by Gasteiger charge is -2.49. The van der Waals surface area contributed by atoms with Crippen LogP contribution in [-0.2, 0) is 42.7 Å². The van der Waals surface area contributed by atoms with Gasteiger partial charge in [0.1, 0.15) is 35.1 Å². The number of aliphatic hydroxyl groups excluding tert-OH is 1. The predicted octanol–water partition coefficient (Wildman–Crippen LogP) is 2.62. The minimum Gasteiger partial charge on any atom is -0.459 e. The van der Waals surface area contributed by atoms with E-state index in [1.165, 1.54) is 6.92 Å². The molecule has 4 rings (SSSR count). The van der Waals surface area contributed by atoms with Gasteiger partial charge in [0.2, 0.25) is 0 Å². The highest BCUT2D eigenvalue weighted by Gasteiger charge is 2.67. The Hall–Kier alpha value is -1.01. The van der Waals surface area contributed by atoms with Crippen LogP contribution >= 0.6 is 0 Å². The topological polar surface area (TPSA) is 170 Å². The van der Waals surface area contributed by atoms with Gasteiger partial charge in [-0.05, 0) is 94.3 Å². The number of epoxide rings is 1. The molecule has 4 N–H and O–H groups in total. The normalized spacial score (nSPS) is 50.7. The van der Waals surface area contributed by atoms with Crippen LogP contribution in [0.3, 0.4) is 0 Å². The van der Waals surface area contributed by atoms with Gasteiger partial charge in [0.05, 0.1) is 42.5 Å². The van der Waals surface area contributed by atoms with Gasteiger partial charge in [0, 0.05) is 38.6 Å². The summed E-state index contributed by atoms with van der Waals surface area (Å²) in [6.07, 6.45) is -5.24. The zero-order valence-corrected chi connectivity index (χ0v) is 34.8. The van der Waals surface area contributed by atoms with Crippen molar-refractivity contribution in [3.05, 3.63) is 0 Å². The third-order valence-corrected chi connectivity index (χ3v) is 12.9. The third-order valence-electron chi connectivity index (χ3n) is 12.9. The van der Waals surface area contributed by atoms with E-state index in [9.17, 15) is 20.1 Å². The second-order valence-electron chi connectivity index (χ2n) is 17.5. The smallest absolute Gasteiger partial charge is 0.311 e. The number of carbonyl (C=O) groups excluding carboxylic acids is 1. The molecule has 0 aromatic carbocycles. The van der Waals surface area contributed by atoms with Gasteiger partial charge in [-0.2, -0.15) is 0 Å². The molecule has 4 heterocycles. The van der Waals surface area contributed by atoms with Crippen LogP contribution in [0.15, 0.2) is 0 Å². The second-order valence-corrected chi connectivity index (χ2v) is 17.5. The first-order chi connectivity index (χ1) is 24.6. The number of aliphatic hydroxyl groups is 3. The number of carbonyl (C=O) groups is 1. The number of methoxy groups -OCH3 is 2. The predicted molar refractivity (Wildman–Crippen MR) is 197 cm³/mol. The van der Waals surface area contributed by atoms with Crippen molar-refractivity contribution in [2.45, 2.75) is 185 Å². The van der Waals surface area contributed by atoms with Gasteiger partial charge < -0.3 is 63.4 Å². The maximum Gasteiger partial charge on any atom is 0.311 e. The van der Waals surface area contributed by atoms with Crippen molar-refractivity contribution in [2.75, 3.05) is 41.5 Å². The van der Waals surface area contributed by atoms with E-state index in [0.717, 1.165) is 6.42 Å². The van der Waals surface area contributed by atoms with Gasteiger partial charge in [-0.25, -0.2) is 0 Å². The van der Waals surface area contributed by atoms with E-state index < -0.39 is 89.4 Å². The minimum atomic E-state index is -1.77. The Morgan fingerprint density at radius 1 is 0.962 bits per heavy atom. The molecule has 4 fully saturated rings. The van der Waals surface area contributed by atoms with Crippen molar-refractivity contribution in [1.82, 2.24) is 10.2 Å². The van der Waals surface area contributed by atoms with Crippen molar-refractivity contribution >= 4 is 5.97 Å². The molecule has 4 aliphatic heterocycles. The van der Waals surface area contributed by atoms with E-state index in [4.69, 9.17) is 37.9 Å². The largest absolute Gasteiger partial charge is 0.459 e. The molecule has 14 nitrogen and oxygen atoms in total. The molecule has 4 aliphatic rings. The molecule has 0 bridgehead atoms. The summed E-state index contributed by atoms with van der Waals surface area (Å²) in [6.45, 7) is 19.3. The fourth-order valence-corrected chi connectivity index (χ4v) is 9.27. The Kier molecular flexibility index (Phi) is 14.5. The molecule has 310 valence electrons. The van der Waals surface area contributed by atoms with E-state index in [1.807, 2.05) is 48.7 Å². The van der Waals surface area contributed by atoms with Crippen LogP contribution in [0.1, 0.15) is 94.9 Å². The fourth-order valence-electron chi connectivity index (χ4n) is 9.27. The van der Waals surface area contributed by atoms with Gasteiger partial charge in [-0.1, -0.05) is 20.8 Å². The van der Waals surface area contributed by atoms with Crippen LogP contribution in [0, 0.1) is 17.8 Å². The number of esters is 1. The average Bonchev–Trinajstić information content (AvgIpc) is 3.90. The lowest BCUT2D eigenvalue weighted by atomic mass is 9.77. The van der Waals surface area contributed by atoms with E-state index >= 15 is 0 Å². The van der Waals surface area contributed by atoms with Gasteiger partial charge in [0.25, 0.3) is 0 Å². The Morgan fingerprint density at radius 2 is 1.60 bits per heavy atom. The van der Waals surface area contributed by atoms with Crippen LogP contribution in [0.25, 0.3) is 0 Å². The van der Waals surface area contributed by atoms with Crippen molar-refractivity contribution in [1.29, 1.82) is 0 Å². The van der Waals surface area contributed by atoms with Crippen molar-refractivity contribution in [3.63, 3.8) is 0 Å². The zero-order chi connectivity index (χ0) is 39.8. The molecule has 14 heteroatoms. The molecule has 0 radical (unpaired) electrons. The quantitative estimate of drug-likeness (QED) is 0.210. The summed E-state index contributed by atoms with van der Waals surface area (Å²) in [7, 11) is 7.27. The lowest BCUT2D eigenvalue weighted by molar-refractivity contribution is -0.317. The monoisotopic (exact) mass is 761 g/mol. The molecule has 0 saturated carbocycles. The summed E-state index contributed by atoms with van der Waals surface area (Å²) in [5.74, 6) is -2.33. The Labute approximate surface area is 317 Å². The molecule has 18 unspecified atom stereocenters. The molecular formula is C39H72N2O12. The van der Waals surface area contributed by atoms with Crippen LogP contribution in [0.5, 0.6) is 0 Å². The summed E-state index contributed by atoms with van der Waals surface area (Å²) in [5, 5.41) is 38.9. The van der Waals surface area contributed by atoms with E-state index in [-0.39, 0.29) is 37.0 Å². The number of nitrogens with one attached hydrogen (secondary N) is 1. The molecule has 0 aliphatic carbocycles. The van der Waals surface area contributed by atoms with Crippen LogP contribution in [0.2, 0.25) is 0 Å². The number of hydrogen-bond acceptors (Lipinski definition) is 14. The highest BCUT2D eigenvalue weighted by atomic mass is 16.7. The van der Waals surface area contributed by atoms with Crippen molar-refractivity contribution < 1.29 is 58.0 Å². The molecular weight excluding hydrogens is 688 g/mol. The Balaban J connectivity index is 1.80. The lowest BCUT2D eigenvalue weighted by Crippen LogP contribution is -2.61. The maximum absolute atomic E-state index is 14.3. The van der Waals surface area contributed by atoms with Gasteiger partial charge >= 0.3 is 5.97 Å². The molecule has 53 heavy (non-hydrogen) atoms. The summed E-state index contributed by atoms with van der Waals surface area (Å²) >= 11 is 0. The number of hydrogen-bond donors (Lipinski definition) is 4. The molecule has 0 aromatic heterocycles. The maximum atomic E-state index is 14.3. The van der Waals surface area contributed by atoms with Gasteiger partial charge in [-0.15, -0.1) is 0 Å². The molecule has 0 amide bonds. The third kappa shape index (κ3) is 9.26. The summed E-state index contributed by atoms with van der Waals surface area (Å²) in [4.78, 5) is 16.4. The Bertz CT molecular complexity index is 1200. The number of rotatable bonds is 8. The van der Waals surface area contributed by atoms with Crippen molar-refractivity contribution in [2.24, 2.45) is 17.8 Å². The fraction of sp³-hybridized carbons (Fsp3) is 0.974. The number of ether oxygens (including phenoxy) is 8. The number of nitrogens with zero attached hydrogens (tertiary/aromatic N) is 1. The van der Waals surface area contributed by atoms with E-state index in [1.54, 1.807) is 41.9 Å². The molecule has 4 saturated heterocycles. The highest BCUT2D eigenvalue weighted by molar-refractivity contribution is 5.73. The first-order valence-corrected chi connectivity index (χ1v) is 19.7. The van der Waals surface area contributed by atoms with Crippen LogP contribution < -0.4 is 5.32 Å². The summed E-state index contributed by atoms with van der Waals surface area (Å²) in [5.41, 5.74) is -4.59. The SMILES string of the molecule is CCC1OC(=O)C(C)C(OC2CC(C)(OC)C3(CO3)C(C)O2)C(C)C(OC2OC(C)CC(N(C)C)C2OC)C(C)(O)CC(C)CNC(C)C(O)C1(C)O. The van der Waals surface area contributed by atoms with Crippen molar-refractivity contribution in [3.8, 4) is 0 Å². The number of cyclic esters (lactones) is 1. The average molecular weight is 761 g/mol. The van der Waals surface area contributed by atoms with Gasteiger partial charge in [-0.3, -0.25) is 4.79 Å². The molecule has 0 aromatic rings. The molecule has 1 spiro atoms. The molecule has 18 atom stereocenters. The summed E-state index contributed by atoms with van der Waals surface area (Å²) < 4.78 is 50.7. The zero-order valence-electron chi connectivity index (χ0n) is 34.8. The van der Waals surface area contributed by atoms with E-state index in [2.05, 4.69) is 10.2 Å². The number of likely N-dealkylation sites (N-methyl/N-ethyl adjacent to an activating group) is 1. The highest BCUT2D eigenvalue weighted by Crippen LogP contribution is 2.51. The van der Waals surface area contributed by atoms with Crippen LogP contribution in [-0.4, -0.2) is 157 Å². The van der Waals surface area contributed by atoms with Gasteiger partial charge in [0.15, 0.2) is 12.6 Å². The minimum absolute atomic E-state index is 0.0205. The first kappa shape index (κ1) is 44.7. The first-order valence-electron chi connectivity index (χ1n) is 19.7. The second kappa shape index (κ2) is 17.2. The van der Waals surface area contributed by atoms with Crippen LogP contribution in [0.4, 0.5) is 0 Å². The Morgan fingerprint density at radius 3 is 2.15 bits per heavy atom. The van der Waals surface area contributed by atoms with E-state index in [0.29, 0.717) is 19.6 Å². The standard InChI is InChI=1S/C39H72N2O12/c1-15-28-38(10,45)32(42)25(6)40-19-21(2)17-36(8,44)33(53-35-31(46-13)27(41(11)12)16-22(3)49-35)23(4)30(24(5)34(43)51-28)52-29-18-37(9,47-14)39(20-48-39)26(7)50-29/h21-33,35,40,42,44-45H,15-20H2,1-14H3.